The van der Waals surface area contributed by atoms with Crippen molar-refractivity contribution in [2.75, 3.05) is 0 Å². The van der Waals surface area contributed by atoms with Crippen LogP contribution in [0.25, 0.3) is 0 Å². The van der Waals surface area contributed by atoms with E-state index in [2.05, 4.69) is 74.7 Å². The van der Waals surface area contributed by atoms with E-state index in [1.807, 2.05) is 26.0 Å². The molecule has 228 valence electrons. The Morgan fingerprint density at radius 1 is 1.00 bits per heavy atom. The van der Waals surface area contributed by atoms with Crippen molar-refractivity contribution < 1.29 is 9.59 Å². The number of allylic oxidation sites excluding steroid dienone is 8. The summed E-state index contributed by atoms with van der Waals surface area (Å²) in [4.78, 5) is 26.5. The first kappa shape index (κ1) is 34.3. The van der Waals surface area contributed by atoms with Gasteiger partial charge in [0.2, 0.25) is 0 Å². The number of aryl methyl sites for hydroxylation is 1. The summed E-state index contributed by atoms with van der Waals surface area (Å²) in [5.74, 6) is 1.18. The summed E-state index contributed by atoms with van der Waals surface area (Å²) in [5, 5.41) is 3.26. The predicted octanol–water partition coefficient (Wildman–Crippen LogP) is 10.2. The van der Waals surface area contributed by atoms with Gasteiger partial charge >= 0.3 is 0 Å². The van der Waals surface area contributed by atoms with E-state index < -0.39 is 0 Å². The third-order valence-electron chi connectivity index (χ3n) is 9.63. The van der Waals surface area contributed by atoms with Gasteiger partial charge in [-0.05, 0) is 118 Å². The molecule has 2 atom stereocenters. The minimum absolute atomic E-state index is 0. The first-order valence-corrected chi connectivity index (χ1v) is 16.2. The van der Waals surface area contributed by atoms with Crippen LogP contribution in [0.5, 0.6) is 0 Å². The molecule has 0 spiro atoms. The molecule has 42 heavy (non-hydrogen) atoms. The van der Waals surface area contributed by atoms with Crippen LogP contribution in [0.1, 0.15) is 115 Å². The molecule has 1 aromatic rings. The lowest BCUT2D eigenvalue weighted by molar-refractivity contribution is -0.122. The number of halogens is 1. The van der Waals surface area contributed by atoms with Crippen molar-refractivity contribution in [3.63, 3.8) is 0 Å². The summed E-state index contributed by atoms with van der Waals surface area (Å²) in [7, 11) is 0. The van der Waals surface area contributed by atoms with Crippen LogP contribution in [0.4, 0.5) is 0 Å². The summed E-state index contributed by atoms with van der Waals surface area (Å²) >= 11 is 0. The van der Waals surface area contributed by atoms with Crippen LogP contribution in [0, 0.1) is 24.2 Å². The molecule has 0 saturated heterocycles. The molecule has 0 heterocycles. The number of benzene rings is 1. The maximum atomic E-state index is 13.3. The Kier molecular flexibility index (Phi) is 13.1. The Morgan fingerprint density at radius 2 is 1.71 bits per heavy atom. The van der Waals surface area contributed by atoms with Gasteiger partial charge in [0.15, 0.2) is 0 Å². The summed E-state index contributed by atoms with van der Waals surface area (Å²) in [6.07, 6.45) is 23.9. The molecule has 4 aliphatic rings. The van der Waals surface area contributed by atoms with E-state index in [0.29, 0.717) is 30.5 Å². The lowest BCUT2D eigenvalue weighted by Crippen LogP contribution is -2.31. The normalized spacial score (nSPS) is 26.5. The van der Waals surface area contributed by atoms with Crippen LogP contribution >= 0.6 is 24.0 Å². The molecule has 0 bridgehead atoms. The number of nitrogens with one attached hydrogen (secondary N) is 1. The lowest BCUT2D eigenvalue weighted by atomic mass is 9.73. The zero-order chi connectivity index (χ0) is 29.4. The van der Waals surface area contributed by atoms with Crippen LogP contribution in [-0.2, 0) is 9.59 Å². The second-order valence-corrected chi connectivity index (χ2v) is 12.7. The highest BCUT2D eigenvalue weighted by atomic mass is 127. The summed E-state index contributed by atoms with van der Waals surface area (Å²) < 4.78 is 0. The Hall–Kier alpha value is -2.21. The Balaban J connectivity index is 0.00000158. The van der Waals surface area contributed by atoms with Crippen LogP contribution in [0.15, 0.2) is 83.1 Å². The van der Waals surface area contributed by atoms with Gasteiger partial charge in [0.05, 0.1) is 0 Å². The summed E-state index contributed by atoms with van der Waals surface area (Å²) in [5.41, 5.74) is 7.29. The number of amides is 1. The Bertz CT molecular complexity index is 1260. The highest BCUT2D eigenvalue weighted by Crippen LogP contribution is 2.43. The van der Waals surface area contributed by atoms with Gasteiger partial charge in [0.1, 0.15) is 5.78 Å². The highest BCUT2D eigenvalue weighted by Gasteiger charge is 2.31. The van der Waals surface area contributed by atoms with Crippen LogP contribution in [0.3, 0.4) is 0 Å². The van der Waals surface area contributed by atoms with Crippen molar-refractivity contribution >= 4 is 35.7 Å². The molecule has 0 aliphatic heterocycles. The zero-order valence-electron chi connectivity index (χ0n) is 26.5. The van der Waals surface area contributed by atoms with Gasteiger partial charge in [0, 0.05) is 23.6 Å². The molecule has 0 aromatic heterocycles. The number of hydrogen-bond donors (Lipinski definition) is 1. The summed E-state index contributed by atoms with van der Waals surface area (Å²) in [6, 6.07) is 8.79. The van der Waals surface area contributed by atoms with Gasteiger partial charge < -0.3 is 5.32 Å². The molecule has 5 rings (SSSR count). The molecule has 1 fully saturated rings. The van der Waals surface area contributed by atoms with Crippen molar-refractivity contribution in [2.45, 2.75) is 111 Å². The SMILES string of the molecule is CC.CC1=CC=C(C(=O)NC2=CC(C(=O)CCCC3(C)C=CCC3)CC=C2C2CCC(c3ccccc3C)CC2)C1.I. The molecule has 1 aromatic carbocycles. The fourth-order valence-corrected chi connectivity index (χ4v) is 7.16. The van der Waals surface area contributed by atoms with E-state index in [1.54, 1.807) is 0 Å². The van der Waals surface area contributed by atoms with Gasteiger partial charge in [-0.15, -0.1) is 24.0 Å². The van der Waals surface area contributed by atoms with Gasteiger partial charge in [-0.2, -0.15) is 0 Å². The maximum absolute atomic E-state index is 13.3. The Labute approximate surface area is 272 Å². The fourth-order valence-electron chi connectivity index (χ4n) is 7.16. The van der Waals surface area contributed by atoms with E-state index in [4.69, 9.17) is 0 Å². The monoisotopic (exact) mass is 681 g/mol. The van der Waals surface area contributed by atoms with Crippen molar-refractivity contribution in [3.05, 3.63) is 94.3 Å². The van der Waals surface area contributed by atoms with Gasteiger partial charge in [-0.1, -0.05) is 81.0 Å². The third-order valence-corrected chi connectivity index (χ3v) is 9.63. The average molecular weight is 682 g/mol. The number of carbonyl (C=O) groups is 2. The summed E-state index contributed by atoms with van der Waals surface area (Å²) in [6.45, 7) is 10.6. The quantitative estimate of drug-likeness (QED) is 0.208. The second-order valence-electron chi connectivity index (χ2n) is 12.7. The number of rotatable bonds is 9. The minimum Gasteiger partial charge on any atom is -0.322 e. The molecule has 2 unspecified atom stereocenters. The van der Waals surface area contributed by atoms with E-state index in [9.17, 15) is 9.59 Å². The lowest BCUT2D eigenvalue weighted by Gasteiger charge is -2.34. The average Bonchev–Trinajstić information content (AvgIpc) is 3.63. The molecular weight excluding hydrogens is 629 g/mol. The molecule has 1 N–H and O–H groups in total. The molecule has 4 aliphatic carbocycles. The predicted molar refractivity (Wildman–Crippen MR) is 187 cm³/mol. The zero-order valence-corrected chi connectivity index (χ0v) is 28.8. The van der Waals surface area contributed by atoms with E-state index in [0.717, 1.165) is 62.6 Å². The number of hydrogen-bond acceptors (Lipinski definition) is 2. The van der Waals surface area contributed by atoms with Gasteiger partial charge in [-0.25, -0.2) is 0 Å². The van der Waals surface area contributed by atoms with Crippen molar-refractivity contribution in [2.24, 2.45) is 17.3 Å². The maximum Gasteiger partial charge on any atom is 0.251 e. The molecular formula is C38H52INO2. The highest BCUT2D eigenvalue weighted by molar-refractivity contribution is 14.0. The largest absolute Gasteiger partial charge is 0.322 e. The van der Waals surface area contributed by atoms with Crippen molar-refractivity contribution in [1.29, 1.82) is 0 Å². The topological polar surface area (TPSA) is 46.2 Å². The number of carbonyl (C=O) groups excluding carboxylic acids is 2. The van der Waals surface area contributed by atoms with Crippen LogP contribution in [0.2, 0.25) is 0 Å². The standard InChI is InChI=1S/C36H45NO2.C2H6.HI/c1-25-12-13-30(23-25)35(39)37-33-24-29(34(38)11-8-22-36(3)20-6-7-21-36)18-19-32(33)28-16-14-27(15-17-28)31-10-5-4-9-26(31)2;1-2;/h4-6,9-10,12-13,19-20,24,27-29H,7-8,11,14-18,21-23H2,1-3H3,(H,37,39);1-2H3;1H. The van der Waals surface area contributed by atoms with E-state index in [-0.39, 0.29) is 41.2 Å². The first-order chi connectivity index (χ1) is 19.8. The van der Waals surface area contributed by atoms with E-state index in [1.165, 1.54) is 28.7 Å². The second kappa shape index (κ2) is 16.0. The molecule has 0 radical (unpaired) electrons. The number of ketones is 1. The number of Topliss-reactive ketones (excluding diaryl/α,β-unsaturated/α-hetero) is 1. The van der Waals surface area contributed by atoms with E-state index >= 15 is 0 Å². The first-order valence-electron chi connectivity index (χ1n) is 16.2. The smallest absolute Gasteiger partial charge is 0.251 e. The molecule has 1 saturated carbocycles. The fraction of sp³-hybridized carbons (Fsp3) is 0.526. The molecule has 4 heteroatoms. The van der Waals surface area contributed by atoms with Crippen LogP contribution in [-0.4, -0.2) is 11.7 Å². The Morgan fingerprint density at radius 3 is 2.36 bits per heavy atom. The molecule has 3 nitrogen and oxygen atoms in total. The van der Waals surface area contributed by atoms with Crippen molar-refractivity contribution in [3.8, 4) is 0 Å². The minimum atomic E-state index is -0.142. The molecule has 1 amide bonds. The third kappa shape index (κ3) is 8.67. The van der Waals surface area contributed by atoms with Crippen molar-refractivity contribution in [1.82, 2.24) is 5.32 Å². The van der Waals surface area contributed by atoms with Gasteiger partial charge in [0.25, 0.3) is 5.91 Å². The van der Waals surface area contributed by atoms with Gasteiger partial charge in [-0.3, -0.25) is 9.59 Å². The van der Waals surface area contributed by atoms with Crippen LogP contribution < -0.4 is 5.32 Å².